The van der Waals surface area contributed by atoms with Crippen LogP contribution in [0.1, 0.15) is 26.3 Å². The first-order chi connectivity index (χ1) is 12.5. The average molecular weight is 356 g/mol. The summed E-state index contributed by atoms with van der Waals surface area (Å²) in [5.74, 6) is 1.22. The van der Waals surface area contributed by atoms with Crippen molar-refractivity contribution in [1.29, 1.82) is 0 Å². The van der Waals surface area contributed by atoms with Gasteiger partial charge >= 0.3 is 0 Å². The molecule has 3 rings (SSSR count). The van der Waals surface area contributed by atoms with Gasteiger partial charge in [0.05, 0.1) is 19.4 Å². The molecular weight excluding hydrogens is 328 g/mol. The Bertz CT molecular complexity index is 709. The van der Waals surface area contributed by atoms with Crippen molar-refractivity contribution in [2.45, 2.75) is 26.2 Å². The van der Waals surface area contributed by atoms with Crippen molar-refractivity contribution in [3.8, 4) is 0 Å². The molecule has 2 heterocycles. The first-order valence-corrected chi connectivity index (χ1v) is 9.12. The van der Waals surface area contributed by atoms with E-state index in [9.17, 15) is 0 Å². The number of anilines is 3. The summed E-state index contributed by atoms with van der Waals surface area (Å²) >= 11 is 0. The van der Waals surface area contributed by atoms with Crippen molar-refractivity contribution in [2.24, 2.45) is 0 Å². The molecule has 0 spiro atoms. The lowest BCUT2D eigenvalue weighted by atomic mass is 9.86. The molecule has 26 heavy (non-hydrogen) atoms. The highest BCUT2D eigenvalue weighted by Gasteiger charge is 2.18. The van der Waals surface area contributed by atoms with Gasteiger partial charge in [-0.2, -0.15) is 10.1 Å². The minimum atomic E-state index is 0.0449. The largest absolute Gasteiger partial charge is 0.379 e. The van der Waals surface area contributed by atoms with Gasteiger partial charge in [0.2, 0.25) is 5.95 Å². The number of morpholine rings is 1. The maximum absolute atomic E-state index is 5.37. The third-order valence-electron chi connectivity index (χ3n) is 4.37. The summed E-state index contributed by atoms with van der Waals surface area (Å²) < 4.78 is 5.37. The number of para-hydroxylation sites is 1. The normalized spacial score (nSPS) is 15.7. The Morgan fingerprint density at radius 2 is 1.92 bits per heavy atom. The van der Waals surface area contributed by atoms with Gasteiger partial charge in [-0.15, -0.1) is 5.10 Å². The first-order valence-electron chi connectivity index (χ1n) is 9.12. The highest BCUT2D eigenvalue weighted by molar-refractivity contribution is 5.62. The summed E-state index contributed by atoms with van der Waals surface area (Å²) in [4.78, 5) is 6.90. The van der Waals surface area contributed by atoms with E-state index >= 15 is 0 Å². The molecule has 0 bridgehead atoms. The number of rotatable bonds is 6. The zero-order valence-electron chi connectivity index (χ0n) is 15.8. The summed E-state index contributed by atoms with van der Waals surface area (Å²) in [5, 5.41) is 14.8. The van der Waals surface area contributed by atoms with Crippen LogP contribution in [0.2, 0.25) is 0 Å². The number of benzene rings is 1. The molecule has 1 aliphatic heterocycles. The van der Waals surface area contributed by atoms with E-state index in [1.165, 1.54) is 5.56 Å². The Morgan fingerprint density at radius 3 is 2.69 bits per heavy atom. The van der Waals surface area contributed by atoms with Gasteiger partial charge in [-0.25, -0.2) is 0 Å². The van der Waals surface area contributed by atoms with Crippen LogP contribution in [0.3, 0.4) is 0 Å². The fourth-order valence-corrected chi connectivity index (χ4v) is 2.97. The predicted molar refractivity (Wildman–Crippen MR) is 104 cm³/mol. The van der Waals surface area contributed by atoms with Crippen LogP contribution in [0.25, 0.3) is 0 Å². The zero-order chi connectivity index (χ0) is 18.4. The summed E-state index contributed by atoms with van der Waals surface area (Å²) in [6.45, 7) is 11.9. The zero-order valence-corrected chi connectivity index (χ0v) is 15.8. The molecule has 0 atom stereocenters. The molecule has 2 N–H and O–H groups in total. The Labute approximate surface area is 155 Å². The third-order valence-corrected chi connectivity index (χ3v) is 4.37. The lowest BCUT2D eigenvalue weighted by molar-refractivity contribution is 0.0398. The van der Waals surface area contributed by atoms with Crippen molar-refractivity contribution in [3.05, 3.63) is 36.0 Å². The molecule has 7 nitrogen and oxygen atoms in total. The van der Waals surface area contributed by atoms with Crippen LogP contribution in [0.5, 0.6) is 0 Å². The van der Waals surface area contributed by atoms with Gasteiger partial charge in [-0.3, -0.25) is 4.90 Å². The van der Waals surface area contributed by atoms with Crippen LogP contribution in [-0.2, 0) is 10.2 Å². The molecule has 1 saturated heterocycles. The fraction of sp³-hybridized carbons (Fsp3) is 0.526. The van der Waals surface area contributed by atoms with E-state index in [2.05, 4.69) is 69.7 Å². The number of hydrogen-bond donors (Lipinski definition) is 2. The van der Waals surface area contributed by atoms with E-state index < -0.39 is 0 Å². The molecule has 0 amide bonds. The highest BCUT2D eigenvalue weighted by atomic mass is 16.5. The molecule has 0 unspecified atom stereocenters. The second-order valence-corrected chi connectivity index (χ2v) is 7.47. The minimum Gasteiger partial charge on any atom is -0.379 e. The van der Waals surface area contributed by atoms with Crippen LogP contribution < -0.4 is 10.6 Å². The van der Waals surface area contributed by atoms with Gasteiger partial charge < -0.3 is 15.4 Å². The molecule has 2 aromatic rings. The molecule has 1 fully saturated rings. The Balaban J connectivity index is 1.61. The smallest absolute Gasteiger partial charge is 0.244 e. The standard InChI is InChI=1S/C19H28N6O/c1-19(2,3)15-6-4-5-7-16(15)22-17-14-21-24-18(23-17)20-8-9-25-10-12-26-13-11-25/h4-7,14H,8-13H2,1-3H3,(H2,20,22,23,24). The lowest BCUT2D eigenvalue weighted by Crippen LogP contribution is -2.39. The van der Waals surface area contributed by atoms with Crippen LogP contribution >= 0.6 is 0 Å². The lowest BCUT2D eigenvalue weighted by Gasteiger charge is -2.26. The molecule has 0 saturated carbocycles. The number of ether oxygens (including phenoxy) is 1. The minimum absolute atomic E-state index is 0.0449. The third kappa shape index (κ3) is 5.12. The molecule has 1 aromatic carbocycles. The van der Waals surface area contributed by atoms with E-state index in [0.29, 0.717) is 11.8 Å². The molecule has 140 valence electrons. The highest BCUT2D eigenvalue weighted by Crippen LogP contribution is 2.30. The first kappa shape index (κ1) is 18.5. The van der Waals surface area contributed by atoms with Crippen LogP contribution in [0.15, 0.2) is 30.5 Å². The van der Waals surface area contributed by atoms with Gasteiger partial charge in [0.25, 0.3) is 0 Å². The van der Waals surface area contributed by atoms with Crippen molar-refractivity contribution in [2.75, 3.05) is 50.0 Å². The molecule has 1 aromatic heterocycles. The SMILES string of the molecule is CC(C)(C)c1ccccc1Nc1cnnc(NCCN2CCOCC2)n1. The van der Waals surface area contributed by atoms with Gasteiger partial charge in [0.1, 0.15) is 0 Å². The molecule has 7 heteroatoms. The van der Waals surface area contributed by atoms with E-state index in [1.807, 2.05) is 6.07 Å². The molecule has 0 radical (unpaired) electrons. The molecule has 1 aliphatic rings. The maximum Gasteiger partial charge on any atom is 0.244 e. The maximum atomic E-state index is 5.37. The Kier molecular flexibility index (Phi) is 6.00. The van der Waals surface area contributed by atoms with E-state index in [-0.39, 0.29) is 5.41 Å². The molecule has 0 aliphatic carbocycles. The Hall–Kier alpha value is -2.25. The molecular formula is C19H28N6O. The monoisotopic (exact) mass is 356 g/mol. The summed E-state index contributed by atoms with van der Waals surface area (Å²) in [7, 11) is 0. The van der Waals surface area contributed by atoms with Crippen molar-refractivity contribution in [3.63, 3.8) is 0 Å². The van der Waals surface area contributed by atoms with Crippen molar-refractivity contribution < 1.29 is 4.74 Å². The summed E-state index contributed by atoms with van der Waals surface area (Å²) in [6, 6.07) is 8.28. The van der Waals surface area contributed by atoms with Crippen LogP contribution in [0, 0.1) is 0 Å². The summed E-state index contributed by atoms with van der Waals surface area (Å²) in [6.07, 6.45) is 1.65. The number of hydrogen-bond acceptors (Lipinski definition) is 7. The van der Waals surface area contributed by atoms with Crippen molar-refractivity contribution in [1.82, 2.24) is 20.1 Å². The van der Waals surface area contributed by atoms with Gasteiger partial charge in [0, 0.05) is 31.9 Å². The second kappa shape index (κ2) is 8.42. The van der Waals surface area contributed by atoms with Crippen molar-refractivity contribution >= 4 is 17.5 Å². The summed E-state index contributed by atoms with van der Waals surface area (Å²) in [5.41, 5.74) is 2.32. The van der Waals surface area contributed by atoms with E-state index in [1.54, 1.807) is 6.20 Å². The van der Waals surface area contributed by atoms with Gasteiger partial charge in [-0.1, -0.05) is 39.0 Å². The fourth-order valence-electron chi connectivity index (χ4n) is 2.97. The van der Waals surface area contributed by atoms with E-state index in [0.717, 1.165) is 45.1 Å². The second-order valence-electron chi connectivity index (χ2n) is 7.47. The van der Waals surface area contributed by atoms with Gasteiger partial charge in [-0.05, 0) is 17.0 Å². The number of nitrogens with zero attached hydrogens (tertiary/aromatic N) is 4. The quantitative estimate of drug-likeness (QED) is 0.824. The number of nitrogens with one attached hydrogen (secondary N) is 2. The topological polar surface area (TPSA) is 75.2 Å². The van der Waals surface area contributed by atoms with Gasteiger partial charge in [0.15, 0.2) is 5.82 Å². The van der Waals surface area contributed by atoms with Crippen LogP contribution in [-0.4, -0.2) is 59.5 Å². The number of aromatic nitrogens is 3. The Morgan fingerprint density at radius 1 is 1.15 bits per heavy atom. The van der Waals surface area contributed by atoms with E-state index in [4.69, 9.17) is 4.74 Å². The predicted octanol–water partition coefficient (Wildman–Crippen LogP) is 2.66. The van der Waals surface area contributed by atoms with Crippen LogP contribution in [0.4, 0.5) is 17.5 Å². The average Bonchev–Trinajstić information content (AvgIpc) is 2.63.